The van der Waals surface area contributed by atoms with Gasteiger partial charge in [0.05, 0.1) is 17.6 Å². The number of thioether (sulfide) groups is 1. The smallest absolute Gasteiger partial charge is 0.251 e. The van der Waals surface area contributed by atoms with E-state index in [0.29, 0.717) is 35.3 Å². The number of hydrogen-bond acceptors (Lipinski definition) is 6. The van der Waals surface area contributed by atoms with Crippen LogP contribution >= 0.6 is 11.8 Å². The number of amides is 2. The number of benzene rings is 1. The van der Waals surface area contributed by atoms with Gasteiger partial charge >= 0.3 is 0 Å². The third-order valence-corrected chi connectivity index (χ3v) is 5.17. The molecule has 0 fully saturated rings. The molecule has 2 N–H and O–H groups in total. The standard InChI is InChI=1S/C21H23N5O3S/c1-4-10-26-19(17-9-11-29-14(17)3)24-25-21(26)30-13-18(27)23-16-8-6-7-15(12-16)20(28)22-5-2/h4,6-9,11-12H,1,5,10,13H2,2-3H3,(H,22,28)(H,23,27). The van der Waals surface area contributed by atoms with Crippen molar-refractivity contribution in [3.05, 3.63) is 60.6 Å². The lowest BCUT2D eigenvalue weighted by Crippen LogP contribution is -2.23. The number of aromatic nitrogens is 3. The molecule has 0 saturated carbocycles. The summed E-state index contributed by atoms with van der Waals surface area (Å²) < 4.78 is 7.25. The highest BCUT2D eigenvalue weighted by atomic mass is 32.2. The van der Waals surface area contributed by atoms with E-state index < -0.39 is 0 Å². The molecule has 8 nitrogen and oxygen atoms in total. The predicted molar refractivity (Wildman–Crippen MR) is 116 cm³/mol. The van der Waals surface area contributed by atoms with Gasteiger partial charge in [-0.25, -0.2) is 0 Å². The summed E-state index contributed by atoms with van der Waals surface area (Å²) in [7, 11) is 0. The van der Waals surface area contributed by atoms with Gasteiger partial charge in [-0.2, -0.15) is 0 Å². The molecule has 9 heteroatoms. The van der Waals surface area contributed by atoms with E-state index in [1.807, 2.05) is 24.5 Å². The van der Waals surface area contributed by atoms with Gasteiger partial charge in [-0.3, -0.25) is 14.2 Å². The van der Waals surface area contributed by atoms with Crippen LogP contribution < -0.4 is 10.6 Å². The van der Waals surface area contributed by atoms with E-state index in [-0.39, 0.29) is 17.6 Å². The van der Waals surface area contributed by atoms with E-state index in [1.54, 1.807) is 36.6 Å². The minimum absolute atomic E-state index is 0.144. The summed E-state index contributed by atoms with van der Waals surface area (Å²) in [5.74, 6) is 1.17. The molecule has 0 aliphatic heterocycles. The van der Waals surface area contributed by atoms with Gasteiger partial charge in [0.2, 0.25) is 5.91 Å². The molecule has 0 atom stereocenters. The van der Waals surface area contributed by atoms with Crippen LogP contribution in [0, 0.1) is 6.92 Å². The summed E-state index contributed by atoms with van der Waals surface area (Å²) in [5.41, 5.74) is 1.91. The van der Waals surface area contributed by atoms with Crippen LogP contribution in [0.5, 0.6) is 0 Å². The lowest BCUT2D eigenvalue weighted by atomic mass is 10.2. The van der Waals surface area contributed by atoms with E-state index in [2.05, 4.69) is 27.4 Å². The molecule has 2 aromatic heterocycles. The maximum absolute atomic E-state index is 12.4. The highest BCUT2D eigenvalue weighted by Crippen LogP contribution is 2.27. The van der Waals surface area contributed by atoms with Crippen LogP contribution in [0.4, 0.5) is 5.69 Å². The number of hydrogen-bond donors (Lipinski definition) is 2. The molecule has 0 bridgehead atoms. The fraction of sp³-hybridized carbons (Fsp3) is 0.238. The van der Waals surface area contributed by atoms with Crippen molar-refractivity contribution in [1.29, 1.82) is 0 Å². The number of nitrogens with zero attached hydrogens (tertiary/aromatic N) is 3. The summed E-state index contributed by atoms with van der Waals surface area (Å²) in [6.45, 7) is 8.54. The second-order valence-corrected chi connectivity index (χ2v) is 7.32. The van der Waals surface area contributed by atoms with E-state index in [4.69, 9.17) is 4.42 Å². The van der Waals surface area contributed by atoms with Crippen LogP contribution in [0.15, 0.2) is 58.8 Å². The second-order valence-electron chi connectivity index (χ2n) is 6.37. The van der Waals surface area contributed by atoms with E-state index >= 15 is 0 Å². The van der Waals surface area contributed by atoms with Gasteiger partial charge in [0.25, 0.3) is 5.91 Å². The summed E-state index contributed by atoms with van der Waals surface area (Å²) in [6.07, 6.45) is 3.35. The molecule has 0 radical (unpaired) electrons. The Balaban J connectivity index is 1.67. The average molecular weight is 426 g/mol. The Kier molecular flexibility index (Phi) is 7.08. The molecule has 30 heavy (non-hydrogen) atoms. The first kappa shape index (κ1) is 21.4. The number of rotatable bonds is 9. The average Bonchev–Trinajstić information content (AvgIpc) is 3.33. The van der Waals surface area contributed by atoms with Gasteiger partial charge in [0, 0.05) is 24.3 Å². The number of allylic oxidation sites excluding steroid dienone is 1. The lowest BCUT2D eigenvalue weighted by Gasteiger charge is -2.09. The van der Waals surface area contributed by atoms with Crippen LogP contribution in [0.3, 0.4) is 0 Å². The largest absolute Gasteiger partial charge is 0.469 e. The highest BCUT2D eigenvalue weighted by molar-refractivity contribution is 7.99. The Morgan fingerprint density at radius 1 is 1.30 bits per heavy atom. The summed E-state index contributed by atoms with van der Waals surface area (Å²) >= 11 is 1.28. The Bertz CT molecular complexity index is 1060. The molecule has 0 spiro atoms. The maximum atomic E-state index is 12.4. The molecule has 2 heterocycles. The Morgan fingerprint density at radius 3 is 2.83 bits per heavy atom. The molecule has 3 aromatic rings. The third kappa shape index (κ3) is 4.98. The Morgan fingerprint density at radius 2 is 2.13 bits per heavy atom. The van der Waals surface area contributed by atoms with Gasteiger partial charge in [0.15, 0.2) is 11.0 Å². The van der Waals surface area contributed by atoms with Gasteiger partial charge in [-0.15, -0.1) is 16.8 Å². The van der Waals surface area contributed by atoms with Crippen molar-refractivity contribution in [2.75, 3.05) is 17.6 Å². The molecule has 1 aromatic carbocycles. The number of carbonyl (C=O) groups excluding carboxylic acids is 2. The van der Waals surface area contributed by atoms with Gasteiger partial charge in [0.1, 0.15) is 5.76 Å². The SMILES string of the molecule is C=CCn1c(SCC(=O)Nc2cccc(C(=O)NCC)c2)nnc1-c1ccoc1C. The van der Waals surface area contributed by atoms with Crippen LogP contribution in [-0.4, -0.2) is 38.9 Å². The van der Waals surface area contributed by atoms with Crippen LogP contribution in [0.2, 0.25) is 0 Å². The van der Waals surface area contributed by atoms with Crippen molar-refractivity contribution < 1.29 is 14.0 Å². The zero-order valence-corrected chi connectivity index (χ0v) is 17.7. The topological polar surface area (TPSA) is 102 Å². The fourth-order valence-corrected chi connectivity index (χ4v) is 3.58. The van der Waals surface area contributed by atoms with E-state index in [0.717, 1.165) is 11.3 Å². The van der Waals surface area contributed by atoms with Gasteiger partial charge in [-0.1, -0.05) is 23.9 Å². The molecule has 0 saturated heterocycles. The molecule has 3 rings (SSSR count). The van der Waals surface area contributed by atoms with Crippen molar-refractivity contribution in [3.8, 4) is 11.4 Å². The minimum Gasteiger partial charge on any atom is -0.469 e. The monoisotopic (exact) mass is 425 g/mol. The zero-order valence-electron chi connectivity index (χ0n) is 16.8. The van der Waals surface area contributed by atoms with Crippen molar-refractivity contribution in [2.24, 2.45) is 0 Å². The number of nitrogens with one attached hydrogen (secondary N) is 2. The zero-order chi connectivity index (χ0) is 21.5. The summed E-state index contributed by atoms with van der Waals surface area (Å²) in [5, 5.41) is 14.6. The Hall–Kier alpha value is -3.33. The minimum atomic E-state index is -0.206. The number of carbonyl (C=O) groups is 2. The van der Waals surface area contributed by atoms with Crippen molar-refractivity contribution >= 4 is 29.3 Å². The molecular formula is C21H23N5O3S. The second kappa shape index (κ2) is 9.93. The highest BCUT2D eigenvalue weighted by Gasteiger charge is 2.17. The summed E-state index contributed by atoms with van der Waals surface area (Å²) in [6, 6.07) is 8.65. The number of anilines is 1. The van der Waals surface area contributed by atoms with Gasteiger partial charge in [-0.05, 0) is 38.1 Å². The normalized spacial score (nSPS) is 10.6. The quantitative estimate of drug-likeness (QED) is 0.402. The van der Waals surface area contributed by atoms with Crippen LogP contribution in [0.1, 0.15) is 23.0 Å². The van der Waals surface area contributed by atoms with E-state index in [9.17, 15) is 9.59 Å². The number of aryl methyl sites for hydroxylation is 1. The molecule has 0 unspecified atom stereocenters. The summed E-state index contributed by atoms with van der Waals surface area (Å²) in [4.78, 5) is 24.4. The molecule has 0 aliphatic carbocycles. The molecule has 2 amide bonds. The maximum Gasteiger partial charge on any atom is 0.251 e. The molecule has 156 valence electrons. The predicted octanol–water partition coefficient (Wildman–Crippen LogP) is 3.51. The van der Waals surface area contributed by atoms with E-state index in [1.165, 1.54) is 11.8 Å². The first-order chi connectivity index (χ1) is 14.5. The Labute approximate surface area is 178 Å². The van der Waals surface area contributed by atoms with Crippen LogP contribution in [-0.2, 0) is 11.3 Å². The fourth-order valence-electron chi connectivity index (χ4n) is 2.83. The third-order valence-electron chi connectivity index (χ3n) is 4.21. The van der Waals surface area contributed by atoms with Crippen molar-refractivity contribution in [2.45, 2.75) is 25.5 Å². The lowest BCUT2D eigenvalue weighted by molar-refractivity contribution is -0.113. The molecular weight excluding hydrogens is 402 g/mol. The first-order valence-corrected chi connectivity index (χ1v) is 10.4. The van der Waals surface area contributed by atoms with Crippen LogP contribution in [0.25, 0.3) is 11.4 Å². The first-order valence-electron chi connectivity index (χ1n) is 9.43. The molecule has 0 aliphatic rings. The number of furan rings is 1. The van der Waals surface area contributed by atoms with Crippen molar-refractivity contribution in [3.63, 3.8) is 0 Å². The van der Waals surface area contributed by atoms with Crippen molar-refractivity contribution in [1.82, 2.24) is 20.1 Å². The van der Waals surface area contributed by atoms with Gasteiger partial charge < -0.3 is 15.1 Å².